The van der Waals surface area contributed by atoms with Gasteiger partial charge >= 0.3 is 5.97 Å². The summed E-state index contributed by atoms with van der Waals surface area (Å²) < 4.78 is 0. The predicted octanol–water partition coefficient (Wildman–Crippen LogP) is 1.24. The number of rotatable bonds is 2. The molecule has 1 aromatic rings. The summed E-state index contributed by atoms with van der Waals surface area (Å²) in [5, 5.41) is 18.5. The number of nitrogens with two attached hydrogens (primary N) is 1. The van der Waals surface area contributed by atoms with Gasteiger partial charge in [-0.3, -0.25) is 4.99 Å². The van der Waals surface area contributed by atoms with Gasteiger partial charge in [0, 0.05) is 18.2 Å². The van der Waals surface area contributed by atoms with Gasteiger partial charge in [0.05, 0.1) is 5.69 Å². The first-order valence-corrected chi connectivity index (χ1v) is 4.66. The number of carboxylic acid groups (broad SMARTS) is 1. The summed E-state index contributed by atoms with van der Waals surface area (Å²) >= 11 is 0. The second kappa shape index (κ2) is 3.69. The minimum atomic E-state index is -1.05. The average Bonchev–Trinajstić information content (AvgIpc) is 2.71. The zero-order chi connectivity index (χ0) is 11.7. The van der Waals surface area contributed by atoms with Crippen LogP contribution in [0.2, 0.25) is 0 Å². The number of aliphatic carboxylic acids is 1. The molecule has 1 aliphatic heterocycles. The first-order chi connectivity index (χ1) is 7.59. The fourth-order valence-electron chi connectivity index (χ4n) is 1.54. The van der Waals surface area contributed by atoms with E-state index in [2.05, 4.69) is 4.99 Å². The van der Waals surface area contributed by atoms with Crippen LogP contribution >= 0.6 is 0 Å². The van der Waals surface area contributed by atoms with Crippen molar-refractivity contribution >= 4 is 22.9 Å². The summed E-state index contributed by atoms with van der Waals surface area (Å²) in [5.41, 5.74) is 7.07. The number of aromatic hydroxyl groups is 1. The van der Waals surface area contributed by atoms with Crippen molar-refractivity contribution < 1.29 is 15.0 Å². The Bertz CT molecular complexity index is 518. The Labute approximate surface area is 91.5 Å². The van der Waals surface area contributed by atoms with Crippen LogP contribution in [0, 0.1) is 0 Å². The van der Waals surface area contributed by atoms with E-state index in [-0.39, 0.29) is 23.6 Å². The minimum Gasteiger partial charge on any atom is -0.505 e. The highest BCUT2D eigenvalue weighted by atomic mass is 16.4. The molecule has 4 N–H and O–H groups in total. The summed E-state index contributed by atoms with van der Waals surface area (Å²) in [7, 11) is 0. The van der Waals surface area contributed by atoms with Crippen LogP contribution in [0.1, 0.15) is 12.0 Å². The van der Waals surface area contributed by atoms with Gasteiger partial charge < -0.3 is 15.9 Å². The minimum absolute atomic E-state index is 0.0319. The molecule has 0 aliphatic carbocycles. The maximum Gasteiger partial charge on any atom is 0.350 e. The third-order valence-corrected chi connectivity index (χ3v) is 2.39. The molecule has 1 aliphatic rings. The summed E-state index contributed by atoms with van der Waals surface area (Å²) in [5.74, 6) is -1.08. The molecule has 0 bridgehead atoms. The molecule has 1 heterocycles. The van der Waals surface area contributed by atoms with E-state index in [0.29, 0.717) is 11.1 Å². The summed E-state index contributed by atoms with van der Waals surface area (Å²) in [6.45, 7) is 0. The number of nitrogens with zero attached hydrogens (tertiary/aromatic N) is 1. The van der Waals surface area contributed by atoms with E-state index in [0.717, 1.165) is 0 Å². The number of phenolic OH excluding ortho intramolecular Hbond substituents is 1. The van der Waals surface area contributed by atoms with Gasteiger partial charge in [-0.2, -0.15) is 0 Å². The zero-order valence-corrected chi connectivity index (χ0v) is 8.34. The van der Waals surface area contributed by atoms with Crippen LogP contribution in [-0.2, 0) is 4.79 Å². The SMILES string of the molecule is Nc1cccc(C2=CN=C(C(=O)O)C2)c1O. The number of aliphatic imine (C=N–C) groups is 1. The lowest BCUT2D eigenvalue weighted by Gasteiger charge is -2.06. The second-order valence-corrected chi connectivity index (χ2v) is 3.46. The van der Waals surface area contributed by atoms with Crippen molar-refractivity contribution in [3.8, 4) is 5.75 Å². The molecule has 0 fully saturated rings. The molecule has 16 heavy (non-hydrogen) atoms. The van der Waals surface area contributed by atoms with Crippen LogP contribution in [0.25, 0.3) is 5.57 Å². The monoisotopic (exact) mass is 218 g/mol. The first kappa shape index (κ1) is 10.2. The molecule has 0 spiro atoms. The van der Waals surface area contributed by atoms with Crippen molar-refractivity contribution in [3.05, 3.63) is 30.0 Å². The quantitative estimate of drug-likeness (QED) is 0.514. The van der Waals surface area contributed by atoms with E-state index in [1.165, 1.54) is 6.20 Å². The van der Waals surface area contributed by atoms with Gasteiger partial charge in [0.15, 0.2) is 0 Å². The third kappa shape index (κ3) is 1.63. The van der Waals surface area contributed by atoms with Gasteiger partial charge in [-0.1, -0.05) is 12.1 Å². The Morgan fingerprint density at radius 3 is 2.81 bits per heavy atom. The summed E-state index contributed by atoms with van der Waals surface area (Å²) in [4.78, 5) is 14.4. The van der Waals surface area contributed by atoms with E-state index in [1.54, 1.807) is 18.2 Å². The van der Waals surface area contributed by atoms with E-state index < -0.39 is 5.97 Å². The summed E-state index contributed by atoms with van der Waals surface area (Å²) in [6, 6.07) is 4.95. The number of carboxylic acids is 1. The van der Waals surface area contributed by atoms with Crippen molar-refractivity contribution in [2.24, 2.45) is 4.99 Å². The van der Waals surface area contributed by atoms with Gasteiger partial charge in [-0.05, 0) is 11.6 Å². The largest absolute Gasteiger partial charge is 0.505 e. The number of anilines is 1. The number of carbonyl (C=O) groups is 1. The van der Waals surface area contributed by atoms with E-state index in [4.69, 9.17) is 10.8 Å². The highest BCUT2D eigenvalue weighted by Crippen LogP contribution is 2.34. The number of nitrogen functional groups attached to an aromatic ring is 1. The summed E-state index contributed by atoms with van der Waals surface area (Å²) in [6.07, 6.45) is 1.64. The highest BCUT2D eigenvalue weighted by molar-refractivity contribution is 6.38. The number of allylic oxidation sites excluding steroid dienone is 1. The van der Waals surface area contributed by atoms with Gasteiger partial charge in [0.1, 0.15) is 11.5 Å². The van der Waals surface area contributed by atoms with E-state index in [1.807, 2.05) is 0 Å². The van der Waals surface area contributed by atoms with Gasteiger partial charge in [0.25, 0.3) is 0 Å². The molecule has 0 atom stereocenters. The van der Waals surface area contributed by atoms with Crippen LogP contribution in [0.4, 0.5) is 5.69 Å². The molecule has 5 nitrogen and oxygen atoms in total. The lowest BCUT2D eigenvalue weighted by Crippen LogP contribution is -2.10. The molecule has 0 saturated carbocycles. The second-order valence-electron chi connectivity index (χ2n) is 3.46. The lowest BCUT2D eigenvalue weighted by molar-refractivity contribution is -0.129. The Morgan fingerprint density at radius 1 is 1.44 bits per heavy atom. The zero-order valence-electron chi connectivity index (χ0n) is 8.34. The topological polar surface area (TPSA) is 95.9 Å². The Balaban J connectivity index is 2.30. The molecule has 0 aromatic heterocycles. The molecular weight excluding hydrogens is 208 g/mol. The van der Waals surface area contributed by atoms with Gasteiger partial charge in [-0.15, -0.1) is 0 Å². The Hall–Kier alpha value is -2.30. The average molecular weight is 218 g/mol. The third-order valence-electron chi connectivity index (χ3n) is 2.39. The fraction of sp³-hybridized carbons (Fsp3) is 0.0909. The smallest absolute Gasteiger partial charge is 0.350 e. The van der Waals surface area contributed by atoms with Crippen molar-refractivity contribution in [3.63, 3.8) is 0 Å². The fourth-order valence-corrected chi connectivity index (χ4v) is 1.54. The van der Waals surface area contributed by atoms with Crippen molar-refractivity contribution in [2.75, 3.05) is 5.73 Å². The molecule has 5 heteroatoms. The van der Waals surface area contributed by atoms with Gasteiger partial charge in [-0.25, -0.2) is 4.79 Å². The molecule has 0 radical (unpaired) electrons. The van der Waals surface area contributed by atoms with Crippen LogP contribution in [0.5, 0.6) is 5.75 Å². The van der Waals surface area contributed by atoms with Crippen LogP contribution < -0.4 is 5.73 Å². The van der Waals surface area contributed by atoms with E-state index >= 15 is 0 Å². The number of hydrogen-bond donors (Lipinski definition) is 3. The predicted molar refractivity (Wildman–Crippen MR) is 60.2 cm³/mol. The lowest BCUT2D eigenvalue weighted by atomic mass is 10.0. The number of hydrogen-bond acceptors (Lipinski definition) is 4. The molecule has 1 aromatic carbocycles. The van der Waals surface area contributed by atoms with Crippen LogP contribution in [-0.4, -0.2) is 21.9 Å². The number of phenols is 1. The Morgan fingerprint density at radius 2 is 2.19 bits per heavy atom. The van der Waals surface area contributed by atoms with Crippen molar-refractivity contribution in [1.82, 2.24) is 0 Å². The number of benzene rings is 1. The van der Waals surface area contributed by atoms with E-state index in [9.17, 15) is 9.90 Å². The maximum absolute atomic E-state index is 10.7. The first-order valence-electron chi connectivity index (χ1n) is 4.66. The molecule has 0 unspecified atom stereocenters. The van der Waals surface area contributed by atoms with Crippen LogP contribution in [0.3, 0.4) is 0 Å². The normalized spacial score (nSPS) is 14.5. The van der Waals surface area contributed by atoms with Crippen molar-refractivity contribution in [1.29, 1.82) is 0 Å². The highest BCUT2D eigenvalue weighted by Gasteiger charge is 2.20. The Kier molecular flexibility index (Phi) is 2.36. The molecule has 82 valence electrons. The molecule has 0 saturated heterocycles. The standard InChI is InChI=1S/C11H10N2O3/c12-8-3-1-2-7(10(8)14)6-4-9(11(15)16)13-5-6/h1-3,5,14H,4,12H2,(H,15,16). The maximum atomic E-state index is 10.7. The molecule has 0 amide bonds. The molecular formula is C11H10N2O3. The van der Waals surface area contributed by atoms with Crippen LogP contribution in [0.15, 0.2) is 29.4 Å². The van der Waals surface area contributed by atoms with Crippen molar-refractivity contribution in [2.45, 2.75) is 6.42 Å². The molecule has 2 rings (SSSR count). The van der Waals surface area contributed by atoms with Gasteiger partial charge in [0.2, 0.25) is 0 Å². The number of para-hydroxylation sites is 1.